The summed E-state index contributed by atoms with van der Waals surface area (Å²) in [6.07, 6.45) is 2.68. The fourth-order valence-electron chi connectivity index (χ4n) is 2.08. The number of halogens is 1. The molecule has 1 aromatic carbocycles. The van der Waals surface area contributed by atoms with Crippen molar-refractivity contribution in [3.05, 3.63) is 35.2 Å². The van der Waals surface area contributed by atoms with Gasteiger partial charge in [0.2, 0.25) is 0 Å². The Morgan fingerprint density at radius 3 is 2.87 bits per heavy atom. The Hall–Kier alpha value is -1.09. The maximum absolute atomic E-state index is 13.6. The smallest absolute Gasteiger partial charge is 0.130 e. The van der Waals surface area contributed by atoms with Crippen molar-refractivity contribution in [2.75, 3.05) is 6.61 Å². The van der Waals surface area contributed by atoms with Crippen LogP contribution in [0.1, 0.15) is 24.8 Å². The highest BCUT2D eigenvalue weighted by molar-refractivity contribution is 6.32. The van der Waals surface area contributed by atoms with Crippen molar-refractivity contribution in [1.82, 2.24) is 0 Å². The molecule has 2 radical (unpaired) electrons. The van der Waals surface area contributed by atoms with E-state index >= 15 is 0 Å². The molecule has 0 heterocycles. The highest BCUT2D eigenvalue weighted by atomic mass is 19.1. The average molecular weight is 202 g/mol. The highest BCUT2D eigenvalue weighted by Crippen LogP contribution is 2.34. The Balaban J connectivity index is 2.48. The minimum Gasteiger partial charge on any atom is -0.392 e. The van der Waals surface area contributed by atoms with Gasteiger partial charge in [-0.25, -0.2) is 4.39 Å². The van der Waals surface area contributed by atoms with Crippen LogP contribution in [0.15, 0.2) is 23.8 Å². The van der Waals surface area contributed by atoms with Gasteiger partial charge >= 0.3 is 0 Å². The van der Waals surface area contributed by atoms with E-state index < -0.39 is 0 Å². The van der Waals surface area contributed by atoms with E-state index in [1.807, 2.05) is 0 Å². The summed E-state index contributed by atoms with van der Waals surface area (Å²) in [5.74, 6) is -0.257. The van der Waals surface area contributed by atoms with Crippen LogP contribution in [0.2, 0.25) is 0 Å². The SMILES string of the molecule is [B]c1ccc(F)c(C2=C(CO)CCC2)c1. The molecule has 0 aromatic heterocycles. The lowest BCUT2D eigenvalue weighted by atomic mass is 9.91. The van der Waals surface area contributed by atoms with Gasteiger partial charge in [0.15, 0.2) is 0 Å². The largest absolute Gasteiger partial charge is 0.392 e. The normalized spacial score (nSPS) is 16.1. The van der Waals surface area contributed by atoms with Crippen molar-refractivity contribution in [3.8, 4) is 0 Å². The Bertz CT molecular complexity index is 412. The van der Waals surface area contributed by atoms with Crippen molar-refractivity contribution < 1.29 is 9.50 Å². The monoisotopic (exact) mass is 202 g/mol. The quantitative estimate of drug-likeness (QED) is 0.721. The van der Waals surface area contributed by atoms with Crippen LogP contribution in [-0.4, -0.2) is 19.6 Å². The van der Waals surface area contributed by atoms with E-state index in [0.29, 0.717) is 11.0 Å². The zero-order valence-electron chi connectivity index (χ0n) is 8.46. The Morgan fingerprint density at radius 2 is 2.13 bits per heavy atom. The molecule has 0 bridgehead atoms. The van der Waals surface area contributed by atoms with E-state index in [1.165, 1.54) is 6.07 Å². The molecule has 0 unspecified atom stereocenters. The van der Waals surface area contributed by atoms with Crippen LogP contribution in [0, 0.1) is 5.82 Å². The van der Waals surface area contributed by atoms with Crippen LogP contribution in [0.5, 0.6) is 0 Å². The summed E-state index contributed by atoms with van der Waals surface area (Å²) in [7, 11) is 5.63. The van der Waals surface area contributed by atoms with Crippen LogP contribution >= 0.6 is 0 Å². The molecule has 0 spiro atoms. The van der Waals surface area contributed by atoms with Gasteiger partial charge in [-0.15, -0.1) is 0 Å². The molecule has 1 aliphatic rings. The first kappa shape index (κ1) is 10.4. The van der Waals surface area contributed by atoms with Gasteiger partial charge in [0.1, 0.15) is 13.7 Å². The van der Waals surface area contributed by atoms with Gasteiger partial charge in [-0.1, -0.05) is 17.6 Å². The molecule has 0 saturated heterocycles. The summed E-state index contributed by atoms with van der Waals surface area (Å²) in [4.78, 5) is 0. The second-order valence-electron chi connectivity index (χ2n) is 3.83. The van der Waals surface area contributed by atoms with Crippen molar-refractivity contribution in [1.29, 1.82) is 0 Å². The molecule has 76 valence electrons. The zero-order valence-corrected chi connectivity index (χ0v) is 8.46. The molecule has 0 fully saturated rings. The number of hydrogen-bond donors (Lipinski definition) is 1. The Kier molecular flexibility index (Phi) is 2.92. The highest BCUT2D eigenvalue weighted by Gasteiger charge is 2.17. The second kappa shape index (κ2) is 4.19. The third-order valence-corrected chi connectivity index (χ3v) is 2.84. The van der Waals surface area contributed by atoms with Crippen LogP contribution < -0.4 is 5.46 Å². The van der Waals surface area contributed by atoms with Crippen molar-refractivity contribution in [2.24, 2.45) is 0 Å². The fourth-order valence-corrected chi connectivity index (χ4v) is 2.08. The van der Waals surface area contributed by atoms with Crippen LogP contribution in [-0.2, 0) is 0 Å². The number of aliphatic hydroxyl groups excluding tert-OH is 1. The molecule has 1 N–H and O–H groups in total. The molecule has 3 heteroatoms. The number of allylic oxidation sites excluding steroid dienone is 1. The summed E-state index contributed by atoms with van der Waals surface area (Å²) < 4.78 is 13.6. The van der Waals surface area contributed by atoms with Gasteiger partial charge in [0.25, 0.3) is 0 Å². The minimum atomic E-state index is -0.257. The van der Waals surface area contributed by atoms with Gasteiger partial charge in [0, 0.05) is 5.56 Å². The van der Waals surface area contributed by atoms with Gasteiger partial charge in [-0.2, -0.15) is 0 Å². The molecule has 1 nitrogen and oxygen atoms in total. The molecule has 0 atom stereocenters. The second-order valence-corrected chi connectivity index (χ2v) is 3.83. The van der Waals surface area contributed by atoms with E-state index in [9.17, 15) is 4.39 Å². The van der Waals surface area contributed by atoms with Gasteiger partial charge < -0.3 is 5.11 Å². The molecule has 0 amide bonds. The fraction of sp³-hybridized carbons (Fsp3) is 0.333. The van der Waals surface area contributed by atoms with E-state index in [-0.39, 0.29) is 12.4 Å². The molecule has 15 heavy (non-hydrogen) atoms. The lowest BCUT2D eigenvalue weighted by Gasteiger charge is -2.08. The minimum absolute atomic E-state index is 0.0174. The number of benzene rings is 1. The summed E-state index contributed by atoms with van der Waals surface area (Å²) in [5.41, 5.74) is 2.99. The van der Waals surface area contributed by atoms with Crippen molar-refractivity contribution >= 4 is 18.9 Å². The molecule has 1 aliphatic carbocycles. The van der Waals surface area contributed by atoms with Crippen molar-refractivity contribution in [3.63, 3.8) is 0 Å². The first-order chi connectivity index (χ1) is 7.22. The molecule has 2 rings (SSSR count). The van der Waals surface area contributed by atoms with Crippen LogP contribution in [0.25, 0.3) is 5.57 Å². The summed E-state index contributed by atoms with van der Waals surface area (Å²) in [6, 6.07) is 4.57. The van der Waals surface area contributed by atoms with E-state index in [0.717, 1.165) is 30.4 Å². The van der Waals surface area contributed by atoms with E-state index in [4.69, 9.17) is 13.0 Å². The van der Waals surface area contributed by atoms with Gasteiger partial charge in [-0.3, -0.25) is 0 Å². The standard InChI is InChI=1S/C12H12BFO/c13-9-4-5-12(14)11(6-9)10-3-1-2-8(10)7-15/h4-6,15H,1-3,7H2. The third kappa shape index (κ3) is 1.97. The predicted molar refractivity (Wildman–Crippen MR) is 59.6 cm³/mol. The molecular formula is C12H12BFO. The summed E-state index contributed by atoms with van der Waals surface area (Å²) in [5, 5.41) is 9.15. The Morgan fingerprint density at radius 1 is 1.33 bits per heavy atom. The van der Waals surface area contributed by atoms with Crippen LogP contribution in [0.4, 0.5) is 4.39 Å². The summed E-state index contributed by atoms with van der Waals surface area (Å²) in [6.45, 7) is 0.0174. The van der Waals surface area contributed by atoms with Gasteiger partial charge in [0.05, 0.1) is 6.61 Å². The maximum Gasteiger partial charge on any atom is 0.130 e. The van der Waals surface area contributed by atoms with Gasteiger partial charge in [-0.05, 0) is 36.5 Å². The topological polar surface area (TPSA) is 20.2 Å². The molecule has 0 aliphatic heterocycles. The lowest BCUT2D eigenvalue weighted by molar-refractivity contribution is 0.328. The molecule has 1 aromatic rings. The molecule has 0 saturated carbocycles. The summed E-state index contributed by atoms with van der Waals surface area (Å²) >= 11 is 0. The third-order valence-electron chi connectivity index (χ3n) is 2.84. The van der Waals surface area contributed by atoms with Crippen LogP contribution in [0.3, 0.4) is 0 Å². The first-order valence-corrected chi connectivity index (χ1v) is 5.09. The van der Waals surface area contributed by atoms with E-state index in [2.05, 4.69) is 0 Å². The Labute approximate surface area is 90.0 Å². The lowest BCUT2D eigenvalue weighted by Crippen LogP contribution is -2.05. The number of aliphatic hydroxyl groups is 1. The first-order valence-electron chi connectivity index (χ1n) is 5.09. The van der Waals surface area contributed by atoms with E-state index in [1.54, 1.807) is 12.1 Å². The molecular weight excluding hydrogens is 190 g/mol. The average Bonchev–Trinajstić information content (AvgIpc) is 2.69. The maximum atomic E-state index is 13.6. The zero-order chi connectivity index (χ0) is 10.8. The predicted octanol–water partition coefficient (Wildman–Crippen LogP) is 1.55. The number of hydrogen-bond acceptors (Lipinski definition) is 1. The van der Waals surface area contributed by atoms with Crippen molar-refractivity contribution in [2.45, 2.75) is 19.3 Å². The number of rotatable bonds is 2.